The molecule has 1 aromatic carbocycles. The number of carbonyl (C=O) groups excluding carboxylic acids is 1. The SMILES string of the molecule is CC.CCC1C=CN=C1C(C)CCC(=O)CCCc1ccc(OC)cc1. The zero-order chi connectivity index (χ0) is 19.4. The van der Waals surface area contributed by atoms with Crippen molar-refractivity contribution >= 4 is 11.5 Å². The number of rotatable bonds is 10. The quantitative estimate of drug-likeness (QED) is 0.513. The third-order valence-electron chi connectivity index (χ3n) is 4.80. The maximum absolute atomic E-state index is 12.1. The Bertz CT molecular complexity index is 587. The Kier molecular flexibility index (Phi) is 10.6. The maximum Gasteiger partial charge on any atom is 0.132 e. The van der Waals surface area contributed by atoms with Gasteiger partial charge in [0.05, 0.1) is 7.11 Å². The van der Waals surface area contributed by atoms with E-state index in [2.05, 4.69) is 37.0 Å². The fourth-order valence-electron chi connectivity index (χ4n) is 3.20. The maximum atomic E-state index is 12.1. The van der Waals surface area contributed by atoms with Gasteiger partial charge >= 0.3 is 0 Å². The molecule has 0 bridgehead atoms. The van der Waals surface area contributed by atoms with Crippen LogP contribution >= 0.6 is 0 Å². The number of aryl methyl sites for hydroxylation is 1. The van der Waals surface area contributed by atoms with Crippen LogP contribution in [0.1, 0.15) is 65.4 Å². The monoisotopic (exact) mass is 357 g/mol. The lowest BCUT2D eigenvalue weighted by atomic mass is 9.88. The summed E-state index contributed by atoms with van der Waals surface area (Å²) < 4.78 is 5.16. The highest BCUT2D eigenvalue weighted by Crippen LogP contribution is 2.23. The van der Waals surface area contributed by atoms with E-state index in [9.17, 15) is 4.79 Å². The molecule has 0 saturated heterocycles. The molecule has 3 nitrogen and oxygen atoms in total. The van der Waals surface area contributed by atoms with E-state index in [4.69, 9.17) is 4.74 Å². The van der Waals surface area contributed by atoms with E-state index in [1.54, 1.807) is 7.11 Å². The van der Waals surface area contributed by atoms with Crippen molar-refractivity contribution in [3.8, 4) is 5.75 Å². The molecule has 0 fully saturated rings. The van der Waals surface area contributed by atoms with Crippen molar-refractivity contribution in [3.05, 3.63) is 42.1 Å². The average molecular weight is 358 g/mol. The summed E-state index contributed by atoms with van der Waals surface area (Å²) in [5.41, 5.74) is 2.51. The second-order valence-corrected chi connectivity index (χ2v) is 6.59. The first-order chi connectivity index (χ1) is 12.6. The van der Waals surface area contributed by atoms with E-state index in [1.165, 1.54) is 11.3 Å². The third kappa shape index (κ3) is 7.15. The molecular weight excluding hydrogens is 322 g/mol. The van der Waals surface area contributed by atoms with Crippen LogP contribution in [0, 0.1) is 11.8 Å². The van der Waals surface area contributed by atoms with Gasteiger partial charge in [0, 0.05) is 30.7 Å². The van der Waals surface area contributed by atoms with Crippen LogP contribution < -0.4 is 4.74 Å². The summed E-state index contributed by atoms with van der Waals surface area (Å²) >= 11 is 0. The number of hydrogen-bond acceptors (Lipinski definition) is 3. The Balaban J connectivity index is 0.00000163. The van der Waals surface area contributed by atoms with Crippen LogP contribution in [0.5, 0.6) is 5.75 Å². The molecule has 2 rings (SSSR count). The molecule has 2 unspecified atom stereocenters. The van der Waals surface area contributed by atoms with Crippen LogP contribution in [0.15, 0.2) is 41.5 Å². The van der Waals surface area contributed by atoms with Crippen molar-refractivity contribution in [2.75, 3.05) is 7.11 Å². The van der Waals surface area contributed by atoms with Crippen molar-refractivity contribution < 1.29 is 9.53 Å². The second kappa shape index (κ2) is 12.5. The molecule has 0 radical (unpaired) electrons. The van der Waals surface area contributed by atoms with Crippen LogP contribution in [0.3, 0.4) is 0 Å². The zero-order valence-electron chi connectivity index (χ0n) is 17.1. The summed E-state index contributed by atoms with van der Waals surface area (Å²) in [6.45, 7) is 8.38. The average Bonchev–Trinajstić information content (AvgIpc) is 3.17. The molecule has 0 amide bonds. The normalized spacial score (nSPS) is 16.5. The Labute approximate surface area is 159 Å². The molecular formula is C23H35NO2. The van der Waals surface area contributed by atoms with Gasteiger partial charge < -0.3 is 4.74 Å². The van der Waals surface area contributed by atoms with E-state index in [0.717, 1.165) is 31.4 Å². The molecule has 0 saturated carbocycles. The minimum absolute atomic E-state index is 0.370. The number of ketones is 1. The smallest absolute Gasteiger partial charge is 0.132 e. The topological polar surface area (TPSA) is 38.7 Å². The molecule has 0 aliphatic carbocycles. The van der Waals surface area contributed by atoms with Gasteiger partial charge in [-0.3, -0.25) is 9.79 Å². The largest absolute Gasteiger partial charge is 0.497 e. The van der Waals surface area contributed by atoms with Crippen LogP contribution in [0.2, 0.25) is 0 Å². The number of benzene rings is 1. The molecule has 1 aromatic rings. The van der Waals surface area contributed by atoms with Crippen LogP contribution in [0.4, 0.5) is 0 Å². The second-order valence-electron chi connectivity index (χ2n) is 6.59. The Morgan fingerprint density at radius 3 is 2.50 bits per heavy atom. The fourth-order valence-corrected chi connectivity index (χ4v) is 3.20. The molecule has 0 N–H and O–H groups in total. The van der Waals surface area contributed by atoms with Crippen molar-refractivity contribution in [2.24, 2.45) is 16.8 Å². The van der Waals surface area contributed by atoms with Crippen LogP contribution in [-0.2, 0) is 11.2 Å². The Morgan fingerprint density at radius 1 is 1.19 bits per heavy atom. The van der Waals surface area contributed by atoms with Crippen molar-refractivity contribution in [1.82, 2.24) is 0 Å². The Morgan fingerprint density at radius 2 is 1.88 bits per heavy atom. The van der Waals surface area contributed by atoms with Gasteiger partial charge in [0.1, 0.15) is 11.5 Å². The van der Waals surface area contributed by atoms with Gasteiger partial charge in [0.25, 0.3) is 0 Å². The van der Waals surface area contributed by atoms with Crippen molar-refractivity contribution in [3.63, 3.8) is 0 Å². The molecule has 0 aromatic heterocycles. The summed E-state index contributed by atoms with van der Waals surface area (Å²) in [4.78, 5) is 16.6. The number of hydrogen-bond donors (Lipinski definition) is 0. The van der Waals surface area contributed by atoms with E-state index in [1.807, 2.05) is 32.2 Å². The van der Waals surface area contributed by atoms with Gasteiger partial charge in [-0.05, 0) is 49.3 Å². The number of Topliss-reactive ketones (excluding diaryl/α,β-unsaturated/α-hetero) is 1. The number of carbonyl (C=O) groups is 1. The fraction of sp³-hybridized carbons (Fsp3) is 0.565. The predicted molar refractivity (Wildman–Crippen MR) is 111 cm³/mol. The van der Waals surface area contributed by atoms with Crippen LogP contribution in [-0.4, -0.2) is 18.6 Å². The highest BCUT2D eigenvalue weighted by atomic mass is 16.5. The summed E-state index contributed by atoms with van der Waals surface area (Å²) in [5, 5.41) is 0. The first kappa shape index (κ1) is 22.1. The van der Waals surface area contributed by atoms with Gasteiger partial charge in [0.2, 0.25) is 0 Å². The number of nitrogens with zero attached hydrogens (tertiary/aromatic N) is 1. The van der Waals surface area contributed by atoms with Gasteiger partial charge in [-0.15, -0.1) is 0 Å². The summed E-state index contributed by atoms with van der Waals surface area (Å²) in [6.07, 6.45) is 9.28. The van der Waals surface area contributed by atoms with Crippen molar-refractivity contribution in [2.45, 2.75) is 66.2 Å². The van der Waals surface area contributed by atoms with Gasteiger partial charge in [-0.1, -0.05) is 45.9 Å². The van der Waals surface area contributed by atoms with E-state index in [-0.39, 0.29) is 0 Å². The zero-order valence-corrected chi connectivity index (χ0v) is 17.1. The molecule has 2 atom stereocenters. The first-order valence-corrected chi connectivity index (χ1v) is 10.0. The molecule has 26 heavy (non-hydrogen) atoms. The minimum Gasteiger partial charge on any atom is -0.497 e. The van der Waals surface area contributed by atoms with E-state index >= 15 is 0 Å². The highest BCUT2D eigenvalue weighted by Gasteiger charge is 2.21. The number of aliphatic imine (C=N–C) groups is 1. The van der Waals surface area contributed by atoms with Gasteiger partial charge in [-0.25, -0.2) is 0 Å². The third-order valence-corrected chi connectivity index (χ3v) is 4.80. The van der Waals surface area contributed by atoms with Gasteiger partial charge in [-0.2, -0.15) is 0 Å². The molecule has 144 valence electrons. The highest BCUT2D eigenvalue weighted by molar-refractivity contribution is 5.92. The lowest BCUT2D eigenvalue weighted by Crippen LogP contribution is -2.18. The predicted octanol–water partition coefficient (Wildman–Crippen LogP) is 6.02. The van der Waals surface area contributed by atoms with E-state index < -0.39 is 0 Å². The summed E-state index contributed by atoms with van der Waals surface area (Å²) in [5.74, 6) is 2.12. The van der Waals surface area contributed by atoms with Crippen molar-refractivity contribution in [1.29, 1.82) is 0 Å². The standard InChI is InChI=1S/C21H29NO2.C2H6/c1-4-18-14-15-22-21(18)16(2)8-11-19(23)7-5-6-17-9-12-20(24-3)13-10-17;1-2/h9-10,12-16,18H,4-8,11H2,1-3H3;1-2H3. The van der Waals surface area contributed by atoms with E-state index in [0.29, 0.717) is 30.5 Å². The minimum atomic E-state index is 0.370. The summed E-state index contributed by atoms with van der Waals surface area (Å²) in [6, 6.07) is 8.09. The molecule has 1 aliphatic heterocycles. The molecule has 3 heteroatoms. The van der Waals surface area contributed by atoms with Gasteiger partial charge in [0.15, 0.2) is 0 Å². The number of ether oxygens (including phenoxy) is 1. The summed E-state index contributed by atoms with van der Waals surface area (Å²) in [7, 11) is 1.67. The van der Waals surface area contributed by atoms with Crippen LogP contribution in [0.25, 0.3) is 0 Å². The number of methoxy groups -OCH3 is 1. The first-order valence-electron chi connectivity index (χ1n) is 10.0. The Hall–Kier alpha value is -1.90. The molecule has 1 aliphatic rings. The lowest BCUT2D eigenvalue weighted by Gasteiger charge is -2.16. The number of allylic oxidation sites excluding steroid dienone is 1. The molecule has 0 spiro atoms. The molecule has 1 heterocycles. The lowest BCUT2D eigenvalue weighted by molar-refractivity contribution is -0.119.